The number of hydrogen-bond donors (Lipinski definition) is 0. The number of benzene rings is 2. The molecular formula is C20H20N2O5S. The van der Waals surface area contributed by atoms with Gasteiger partial charge in [-0.3, -0.25) is 0 Å². The van der Waals surface area contributed by atoms with Crippen LogP contribution in [0, 0.1) is 0 Å². The number of ether oxygens (including phenoxy) is 2. The van der Waals surface area contributed by atoms with Crippen LogP contribution in [0.3, 0.4) is 0 Å². The van der Waals surface area contributed by atoms with Crippen LogP contribution in [0.2, 0.25) is 0 Å². The molecule has 2 heterocycles. The third-order valence-electron chi connectivity index (χ3n) is 4.97. The topological polar surface area (TPSA) is 85.3 Å². The van der Waals surface area contributed by atoms with Gasteiger partial charge in [0.2, 0.25) is 0 Å². The van der Waals surface area contributed by atoms with Gasteiger partial charge in [-0.15, -0.1) is 4.40 Å². The number of hydrogen-bond acceptors (Lipinski definition) is 6. The lowest BCUT2D eigenvalue weighted by atomic mass is 10.1. The summed E-state index contributed by atoms with van der Waals surface area (Å²) in [7, 11) is -2.16. The molecule has 1 saturated heterocycles. The maximum absolute atomic E-state index is 12.7. The summed E-state index contributed by atoms with van der Waals surface area (Å²) in [5.41, 5.74) is 1.31. The molecule has 1 fully saturated rings. The summed E-state index contributed by atoms with van der Waals surface area (Å²) in [5.74, 6) is 0.582. The van der Waals surface area contributed by atoms with Crippen LogP contribution in [-0.4, -0.2) is 44.8 Å². The van der Waals surface area contributed by atoms with Gasteiger partial charge < -0.3 is 14.4 Å². The largest absolute Gasteiger partial charge is 0.496 e. The molecule has 4 rings (SSSR count). The van der Waals surface area contributed by atoms with Crippen molar-refractivity contribution in [1.82, 2.24) is 4.90 Å². The second-order valence-corrected chi connectivity index (χ2v) is 8.23. The molecule has 0 aliphatic carbocycles. The predicted molar refractivity (Wildman–Crippen MR) is 103 cm³/mol. The van der Waals surface area contributed by atoms with Crippen LogP contribution < -0.4 is 4.74 Å². The highest BCUT2D eigenvalue weighted by atomic mass is 32.2. The number of likely N-dealkylation sites (tertiary alicyclic amines) is 1. The number of sulfonamides is 1. The summed E-state index contributed by atoms with van der Waals surface area (Å²) in [6.45, 7) is 0.645. The zero-order valence-corrected chi connectivity index (χ0v) is 16.2. The molecule has 2 aliphatic heterocycles. The summed E-state index contributed by atoms with van der Waals surface area (Å²) in [6, 6.07) is 13.5. The van der Waals surface area contributed by atoms with E-state index in [0.29, 0.717) is 30.1 Å². The van der Waals surface area contributed by atoms with Crippen LogP contribution in [0.5, 0.6) is 5.75 Å². The lowest BCUT2D eigenvalue weighted by molar-refractivity contribution is -0.149. The standard InChI is InChI=1S/C20H20N2O5S/c1-26-17-10-4-2-7-14(17)13-27-20(23)16-9-6-12-22(16)19-15-8-3-5-11-18(15)28(24,25)21-19/h2-5,7-8,10-11,16H,6,9,12-13H2,1H3/t16-/m0/s1. The Morgan fingerprint density at radius 2 is 1.93 bits per heavy atom. The Morgan fingerprint density at radius 1 is 1.18 bits per heavy atom. The van der Waals surface area contributed by atoms with Crippen molar-refractivity contribution in [2.75, 3.05) is 13.7 Å². The zero-order valence-electron chi connectivity index (χ0n) is 15.4. The van der Waals surface area contributed by atoms with Crippen molar-refractivity contribution in [3.8, 4) is 5.75 Å². The minimum atomic E-state index is -3.73. The number of carbonyl (C=O) groups is 1. The van der Waals surface area contributed by atoms with Crippen molar-refractivity contribution < 1.29 is 22.7 Å². The van der Waals surface area contributed by atoms with Crippen LogP contribution >= 0.6 is 0 Å². The highest BCUT2D eigenvalue weighted by molar-refractivity contribution is 7.90. The van der Waals surface area contributed by atoms with Gasteiger partial charge in [-0.1, -0.05) is 30.3 Å². The fourth-order valence-corrected chi connectivity index (χ4v) is 4.85. The first-order valence-electron chi connectivity index (χ1n) is 9.01. The van der Waals surface area contributed by atoms with E-state index in [4.69, 9.17) is 9.47 Å². The van der Waals surface area contributed by atoms with Crippen molar-refractivity contribution >= 4 is 21.8 Å². The number of methoxy groups -OCH3 is 1. The number of fused-ring (bicyclic) bond motifs is 1. The lowest BCUT2D eigenvalue weighted by Gasteiger charge is -2.25. The molecule has 1 atom stereocenters. The van der Waals surface area contributed by atoms with Gasteiger partial charge in [-0.05, 0) is 31.0 Å². The Kier molecular flexibility index (Phi) is 4.80. The second-order valence-electron chi connectivity index (χ2n) is 6.66. The third-order valence-corrected chi connectivity index (χ3v) is 6.30. The number of rotatable bonds is 4. The highest BCUT2D eigenvalue weighted by Crippen LogP contribution is 2.31. The van der Waals surface area contributed by atoms with Crippen molar-refractivity contribution in [2.24, 2.45) is 4.40 Å². The van der Waals surface area contributed by atoms with Gasteiger partial charge in [0.15, 0.2) is 5.84 Å². The molecule has 0 unspecified atom stereocenters. The molecule has 2 aromatic carbocycles. The molecule has 0 N–H and O–H groups in total. The Labute approximate surface area is 163 Å². The fraction of sp³-hybridized carbons (Fsp3) is 0.300. The second kappa shape index (κ2) is 7.27. The molecule has 2 aliphatic rings. The van der Waals surface area contributed by atoms with Gasteiger partial charge in [0.05, 0.1) is 7.11 Å². The molecule has 0 saturated carbocycles. The Bertz CT molecular complexity index is 1050. The summed E-state index contributed by atoms with van der Waals surface area (Å²) in [5, 5.41) is 0. The zero-order chi connectivity index (χ0) is 19.7. The number of esters is 1. The Balaban J connectivity index is 1.54. The molecule has 0 aromatic heterocycles. The Hall–Kier alpha value is -2.87. The van der Waals surface area contributed by atoms with Gasteiger partial charge in [0.25, 0.3) is 10.0 Å². The van der Waals surface area contributed by atoms with Gasteiger partial charge in [-0.2, -0.15) is 8.42 Å². The predicted octanol–water partition coefficient (Wildman–Crippen LogP) is 2.35. The van der Waals surface area contributed by atoms with Gasteiger partial charge >= 0.3 is 5.97 Å². The van der Waals surface area contributed by atoms with Gasteiger partial charge in [-0.25, -0.2) is 4.79 Å². The molecule has 8 heteroatoms. The molecular weight excluding hydrogens is 380 g/mol. The van der Waals surface area contributed by atoms with Crippen molar-refractivity contribution in [3.05, 3.63) is 59.7 Å². The monoisotopic (exact) mass is 400 g/mol. The van der Waals surface area contributed by atoms with E-state index < -0.39 is 22.0 Å². The number of amidine groups is 1. The van der Waals surface area contributed by atoms with E-state index in [1.807, 2.05) is 18.2 Å². The van der Waals surface area contributed by atoms with E-state index in [0.717, 1.165) is 12.0 Å². The average molecular weight is 400 g/mol. The van der Waals surface area contributed by atoms with E-state index in [1.165, 1.54) is 6.07 Å². The van der Waals surface area contributed by atoms with E-state index >= 15 is 0 Å². The summed E-state index contributed by atoms with van der Waals surface area (Å²) >= 11 is 0. The summed E-state index contributed by atoms with van der Waals surface area (Å²) < 4.78 is 39.4. The van der Waals surface area contributed by atoms with E-state index in [9.17, 15) is 13.2 Å². The Morgan fingerprint density at radius 3 is 2.75 bits per heavy atom. The molecule has 7 nitrogen and oxygen atoms in total. The first-order valence-corrected chi connectivity index (χ1v) is 10.4. The van der Waals surface area contributed by atoms with Crippen LogP contribution in [0.4, 0.5) is 0 Å². The van der Waals surface area contributed by atoms with Gasteiger partial charge in [0.1, 0.15) is 23.3 Å². The molecule has 2 aromatic rings. The number of para-hydroxylation sites is 1. The fourth-order valence-electron chi connectivity index (χ4n) is 3.63. The maximum atomic E-state index is 12.7. The molecule has 0 spiro atoms. The highest BCUT2D eigenvalue weighted by Gasteiger charge is 2.39. The maximum Gasteiger partial charge on any atom is 0.329 e. The third kappa shape index (κ3) is 3.24. The van der Waals surface area contributed by atoms with Gasteiger partial charge in [0, 0.05) is 17.7 Å². The smallest absolute Gasteiger partial charge is 0.329 e. The molecule has 0 radical (unpaired) electrons. The summed E-state index contributed by atoms with van der Waals surface area (Å²) in [4.78, 5) is 14.7. The van der Waals surface area contributed by atoms with E-state index in [2.05, 4.69) is 4.40 Å². The lowest BCUT2D eigenvalue weighted by Crippen LogP contribution is -2.41. The minimum Gasteiger partial charge on any atom is -0.496 e. The van der Waals surface area contributed by atoms with Crippen LogP contribution in [0.1, 0.15) is 24.0 Å². The van der Waals surface area contributed by atoms with Crippen molar-refractivity contribution in [2.45, 2.75) is 30.4 Å². The first kappa shape index (κ1) is 18.5. The van der Waals surface area contributed by atoms with E-state index in [-0.39, 0.29) is 11.5 Å². The SMILES string of the molecule is COc1ccccc1COC(=O)[C@@H]1CCCN1C1=NS(=O)(=O)c2ccccc21. The molecule has 28 heavy (non-hydrogen) atoms. The molecule has 0 bridgehead atoms. The normalized spacial score (nSPS) is 19.8. The summed E-state index contributed by atoms with van der Waals surface area (Å²) in [6.07, 6.45) is 1.35. The van der Waals surface area contributed by atoms with Crippen LogP contribution in [0.15, 0.2) is 57.8 Å². The molecule has 146 valence electrons. The minimum absolute atomic E-state index is 0.0918. The number of nitrogens with zero attached hydrogens (tertiary/aromatic N) is 2. The van der Waals surface area contributed by atoms with Crippen LogP contribution in [0.25, 0.3) is 0 Å². The van der Waals surface area contributed by atoms with E-state index in [1.54, 1.807) is 36.3 Å². The first-order chi connectivity index (χ1) is 13.5. The van der Waals surface area contributed by atoms with Crippen molar-refractivity contribution in [3.63, 3.8) is 0 Å². The van der Waals surface area contributed by atoms with Crippen molar-refractivity contribution in [1.29, 1.82) is 0 Å². The molecule has 0 amide bonds. The van der Waals surface area contributed by atoms with Crippen LogP contribution in [-0.2, 0) is 26.2 Å². The quantitative estimate of drug-likeness (QED) is 0.733. The average Bonchev–Trinajstić information content (AvgIpc) is 3.29. The number of carbonyl (C=O) groups excluding carboxylic acids is 1.